The lowest BCUT2D eigenvalue weighted by atomic mass is 9.89. The van der Waals surface area contributed by atoms with E-state index < -0.39 is 44.2 Å². The average molecular weight is 414 g/mol. The number of likely N-dealkylation sites (N-methyl/N-ethyl adjacent to an activating group) is 1. The number of ketones is 2. The minimum Gasteiger partial charge on any atom is -0.445 e. The Morgan fingerprint density at radius 1 is 1.36 bits per heavy atom. The lowest BCUT2D eigenvalue weighted by Gasteiger charge is -2.22. The van der Waals surface area contributed by atoms with Gasteiger partial charge in [-0.15, -0.1) is 0 Å². The van der Waals surface area contributed by atoms with Crippen molar-refractivity contribution in [1.82, 2.24) is 9.88 Å². The summed E-state index contributed by atoms with van der Waals surface area (Å²) in [5.74, 6) is -1.15. The molecule has 2 aliphatic rings. The van der Waals surface area contributed by atoms with Gasteiger partial charge in [0, 0.05) is 17.7 Å². The number of nitrogens with two attached hydrogens (primary N) is 2. The number of carbonyl (C=O) groups excluding carboxylic acids is 3. The standard InChI is InChI=1S/C15H19N4O8P/c1-5-9(16)13(21)8-6(4-26-15(17)22)10-14(27-28(23,24)25)7(18-2)3-19(10)11(8)12(5)20/h7,14,18H,3-4,16H2,1-2H3,(H2,17,22)(H2,23,24,25)/t7-,14-/m0/s1. The quantitative estimate of drug-likeness (QED) is 0.390. The maximum absolute atomic E-state index is 12.8. The van der Waals surface area contributed by atoms with Crippen molar-refractivity contribution in [1.29, 1.82) is 0 Å². The number of phosphoric ester groups is 1. The van der Waals surface area contributed by atoms with E-state index in [9.17, 15) is 28.7 Å². The van der Waals surface area contributed by atoms with Crippen LogP contribution in [0.4, 0.5) is 4.79 Å². The molecule has 12 nitrogen and oxygen atoms in total. The second-order valence-corrected chi connectivity index (χ2v) is 7.61. The molecule has 0 fully saturated rings. The average Bonchev–Trinajstić information content (AvgIpc) is 3.09. The van der Waals surface area contributed by atoms with Crippen LogP contribution >= 0.6 is 7.82 Å². The van der Waals surface area contributed by atoms with E-state index in [0.29, 0.717) is 0 Å². The van der Waals surface area contributed by atoms with Crippen LogP contribution in [0, 0.1) is 0 Å². The zero-order valence-corrected chi connectivity index (χ0v) is 15.9. The van der Waals surface area contributed by atoms with Gasteiger partial charge >= 0.3 is 13.9 Å². The molecule has 0 saturated heterocycles. The SMILES string of the molecule is CN[C@H]1Cn2c3c(c(COC(N)=O)c2[C@H]1OP(=O)(O)O)C(=O)C(N)=C(C)C3=O. The molecule has 28 heavy (non-hydrogen) atoms. The van der Waals surface area contributed by atoms with E-state index in [-0.39, 0.29) is 40.3 Å². The zero-order valence-electron chi connectivity index (χ0n) is 15.0. The van der Waals surface area contributed by atoms with E-state index in [0.717, 1.165) is 0 Å². The van der Waals surface area contributed by atoms with Crippen molar-refractivity contribution in [3.8, 4) is 0 Å². The molecular formula is C15H19N4O8P. The zero-order chi connectivity index (χ0) is 21.0. The molecule has 7 N–H and O–H groups in total. The van der Waals surface area contributed by atoms with Crippen molar-refractivity contribution in [2.45, 2.75) is 32.2 Å². The third-order valence-electron chi connectivity index (χ3n) is 4.83. The van der Waals surface area contributed by atoms with Gasteiger partial charge in [0.2, 0.25) is 11.6 Å². The molecular weight excluding hydrogens is 395 g/mol. The number of carbonyl (C=O) groups is 3. The van der Waals surface area contributed by atoms with E-state index in [1.165, 1.54) is 11.5 Å². The first kappa shape index (κ1) is 20.2. The van der Waals surface area contributed by atoms with Crippen LogP contribution in [0.25, 0.3) is 0 Å². The van der Waals surface area contributed by atoms with Gasteiger partial charge in [0.15, 0.2) is 0 Å². The molecule has 0 unspecified atom stereocenters. The van der Waals surface area contributed by atoms with E-state index in [1.54, 1.807) is 7.05 Å². The lowest BCUT2D eigenvalue weighted by molar-refractivity contribution is 0.0962. The maximum atomic E-state index is 12.8. The van der Waals surface area contributed by atoms with Crippen LogP contribution in [0.3, 0.4) is 0 Å². The molecule has 1 amide bonds. The summed E-state index contributed by atoms with van der Waals surface area (Å²) in [5, 5.41) is 2.86. The van der Waals surface area contributed by atoms with Crippen molar-refractivity contribution in [2.24, 2.45) is 11.5 Å². The fraction of sp³-hybridized carbons (Fsp3) is 0.400. The number of primary amides is 1. The smallest absolute Gasteiger partial charge is 0.445 e. The first-order valence-electron chi connectivity index (χ1n) is 8.12. The Balaban J connectivity index is 2.25. The Kier molecular flexibility index (Phi) is 4.94. The number of rotatable bonds is 5. The van der Waals surface area contributed by atoms with Crippen molar-refractivity contribution in [3.05, 3.63) is 33.8 Å². The summed E-state index contributed by atoms with van der Waals surface area (Å²) in [5.41, 5.74) is 10.7. The van der Waals surface area contributed by atoms with Crippen molar-refractivity contribution in [2.75, 3.05) is 7.05 Å². The van der Waals surface area contributed by atoms with E-state index in [4.69, 9.17) is 20.7 Å². The van der Waals surface area contributed by atoms with Gasteiger partial charge < -0.3 is 35.9 Å². The summed E-state index contributed by atoms with van der Waals surface area (Å²) in [6, 6.07) is -0.619. The van der Waals surface area contributed by atoms with Crippen molar-refractivity contribution < 1.29 is 38.0 Å². The molecule has 1 aliphatic carbocycles. The second-order valence-electron chi connectivity index (χ2n) is 6.41. The van der Waals surface area contributed by atoms with E-state index >= 15 is 0 Å². The second kappa shape index (κ2) is 6.83. The van der Waals surface area contributed by atoms with Gasteiger partial charge in [-0.05, 0) is 14.0 Å². The monoisotopic (exact) mass is 414 g/mol. The molecule has 152 valence electrons. The van der Waals surface area contributed by atoms with Gasteiger partial charge in [-0.2, -0.15) is 0 Å². The fourth-order valence-corrected chi connectivity index (χ4v) is 4.12. The summed E-state index contributed by atoms with van der Waals surface area (Å²) in [6.07, 6.45) is -2.34. The number of Topliss-reactive ketones (excluding diaryl/α,β-unsaturated/α-hetero) is 2. The lowest BCUT2D eigenvalue weighted by Crippen LogP contribution is -2.33. The highest BCUT2D eigenvalue weighted by Crippen LogP contribution is 2.49. The van der Waals surface area contributed by atoms with Gasteiger partial charge in [0.1, 0.15) is 18.4 Å². The van der Waals surface area contributed by atoms with Crippen LogP contribution < -0.4 is 16.8 Å². The number of nitrogens with one attached hydrogen (secondary N) is 1. The molecule has 1 aromatic heterocycles. The first-order valence-corrected chi connectivity index (χ1v) is 9.65. The summed E-state index contributed by atoms with van der Waals surface area (Å²) in [7, 11) is -3.38. The molecule has 0 saturated carbocycles. The normalized spacial score (nSPS) is 21.7. The number of allylic oxidation sites excluding steroid dienone is 2. The fourth-order valence-electron chi connectivity index (χ4n) is 3.58. The molecule has 2 atom stereocenters. The van der Waals surface area contributed by atoms with Crippen LogP contribution in [0.5, 0.6) is 0 Å². The predicted octanol–water partition coefficient (Wildman–Crippen LogP) is -0.553. The first-order chi connectivity index (χ1) is 13.0. The Morgan fingerprint density at radius 2 is 2.00 bits per heavy atom. The van der Waals surface area contributed by atoms with Crippen LogP contribution in [0.2, 0.25) is 0 Å². The number of phosphoric acid groups is 1. The minimum absolute atomic E-state index is 0.00633. The molecule has 13 heteroatoms. The summed E-state index contributed by atoms with van der Waals surface area (Å²) in [4.78, 5) is 55.3. The van der Waals surface area contributed by atoms with Crippen LogP contribution in [0.15, 0.2) is 11.3 Å². The Labute approximate surface area is 158 Å². The third kappa shape index (κ3) is 3.15. The van der Waals surface area contributed by atoms with Gasteiger partial charge in [0.25, 0.3) is 0 Å². The number of amides is 1. The van der Waals surface area contributed by atoms with Gasteiger partial charge in [0.05, 0.1) is 23.0 Å². The number of aromatic nitrogens is 1. The van der Waals surface area contributed by atoms with Crippen LogP contribution in [-0.4, -0.2) is 45.1 Å². The molecule has 1 aromatic rings. The molecule has 0 aromatic carbocycles. The molecule has 3 rings (SSSR count). The number of fused-ring (bicyclic) bond motifs is 3. The molecule has 2 heterocycles. The predicted molar refractivity (Wildman–Crippen MR) is 93.1 cm³/mol. The maximum Gasteiger partial charge on any atom is 0.470 e. The molecule has 0 radical (unpaired) electrons. The largest absolute Gasteiger partial charge is 0.470 e. The van der Waals surface area contributed by atoms with E-state index in [1.807, 2.05) is 0 Å². The highest BCUT2D eigenvalue weighted by atomic mass is 31.2. The number of ether oxygens (including phenoxy) is 1. The highest BCUT2D eigenvalue weighted by molar-refractivity contribution is 7.46. The number of hydrogen-bond acceptors (Lipinski definition) is 8. The molecule has 0 bridgehead atoms. The summed E-state index contributed by atoms with van der Waals surface area (Å²) in [6.45, 7) is 0.997. The van der Waals surface area contributed by atoms with Gasteiger partial charge in [-0.3, -0.25) is 14.1 Å². The van der Waals surface area contributed by atoms with Crippen LogP contribution in [-0.2, 0) is 27.0 Å². The Hall–Kier alpha value is -2.50. The van der Waals surface area contributed by atoms with Crippen molar-refractivity contribution in [3.63, 3.8) is 0 Å². The molecule has 1 aliphatic heterocycles. The van der Waals surface area contributed by atoms with E-state index in [2.05, 4.69) is 5.32 Å². The Bertz CT molecular complexity index is 975. The van der Waals surface area contributed by atoms with Crippen LogP contribution in [0.1, 0.15) is 45.1 Å². The number of hydrogen-bond donors (Lipinski definition) is 5. The summed E-state index contributed by atoms with van der Waals surface area (Å²) < 4.78 is 22.6. The van der Waals surface area contributed by atoms with Gasteiger partial charge in [-0.25, -0.2) is 9.36 Å². The Morgan fingerprint density at radius 3 is 2.54 bits per heavy atom. The minimum atomic E-state index is -4.93. The third-order valence-corrected chi connectivity index (χ3v) is 5.34. The van der Waals surface area contributed by atoms with Crippen molar-refractivity contribution >= 4 is 25.5 Å². The molecule has 0 spiro atoms. The highest BCUT2D eigenvalue weighted by Gasteiger charge is 2.46. The number of nitrogens with zero attached hydrogens (tertiary/aromatic N) is 1. The topological polar surface area (TPSA) is 196 Å². The summed E-state index contributed by atoms with van der Waals surface area (Å²) >= 11 is 0. The van der Waals surface area contributed by atoms with Gasteiger partial charge in [-0.1, -0.05) is 0 Å².